The summed E-state index contributed by atoms with van der Waals surface area (Å²) in [4.78, 5) is 12.0. The van der Waals surface area contributed by atoms with Gasteiger partial charge in [-0.25, -0.2) is 4.39 Å². The van der Waals surface area contributed by atoms with Crippen LogP contribution in [-0.2, 0) is 9.53 Å². The number of hydrogen-bond acceptors (Lipinski definition) is 4. The van der Waals surface area contributed by atoms with E-state index in [2.05, 4.69) is 0 Å². The van der Waals surface area contributed by atoms with Crippen LogP contribution in [0.4, 0.5) is 10.1 Å². The summed E-state index contributed by atoms with van der Waals surface area (Å²) in [5.41, 5.74) is 6.23. The van der Waals surface area contributed by atoms with Crippen molar-refractivity contribution < 1.29 is 13.9 Å². The Morgan fingerprint density at radius 2 is 2.29 bits per heavy atom. The molecule has 0 saturated heterocycles. The van der Waals surface area contributed by atoms with E-state index in [9.17, 15) is 9.18 Å². The highest BCUT2D eigenvalue weighted by Crippen LogP contribution is 2.27. The first-order chi connectivity index (χ1) is 8.04. The smallest absolute Gasteiger partial charge is 0.309 e. The Balaban J connectivity index is 2.55. The topological polar surface area (TPSA) is 52.3 Å². The Kier molecular flexibility index (Phi) is 5.28. The average Bonchev–Trinajstić information content (AvgIpc) is 2.30. The van der Waals surface area contributed by atoms with Crippen molar-refractivity contribution in [2.45, 2.75) is 18.7 Å². The minimum atomic E-state index is -0.328. The summed E-state index contributed by atoms with van der Waals surface area (Å²) in [6, 6.07) is 4.21. The van der Waals surface area contributed by atoms with Gasteiger partial charge < -0.3 is 10.5 Å². The van der Waals surface area contributed by atoms with E-state index in [1.165, 1.54) is 30.0 Å². The fourth-order valence-corrected chi connectivity index (χ4v) is 2.20. The van der Waals surface area contributed by atoms with E-state index in [1.807, 2.05) is 0 Å². The van der Waals surface area contributed by atoms with E-state index in [0.717, 1.165) is 0 Å². The van der Waals surface area contributed by atoms with Crippen molar-refractivity contribution in [2.75, 3.05) is 18.1 Å². The molecule has 17 heavy (non-hydrogen) atoms. The Labute approximate surface area is 105 Å². The van der Waals surface area contributed by atoms with Crippen LogP contribution in [0.2, 0.25) is 0 Å². The Morgan fingerprint density at radius 3 is 2.94 bits per heavy atom. The van der Waals surface area contributed by atoms with Crippen LogP contribution in [0.15, 0.2) is 23.1 Å². The van der Waals surface area contributed by atoms with Crippen LogP contribution in [0.5, 0.6) is 0 Å². The van der Waals surface area contributed by atoms with E-state index < -0.39 is 0 Å². The van der Waals surface area contributed by atoms with Crippen LogP contribution in [0.1, 0.15) is 13.8 Å². The molecule has 1 rings (SSSR count). The summed E-state index contributed by atoms with van der Waals surface area (Å²) in [5, 5.41) is 0. The molecule has 94 valence electrons. The summed E-state index contributed by atoms with van der Waals surface area (Å²) in [7, 11) is 0. The van der Waals surface area contributed by atoms with E-state index in [1.54, 1.807) is 13.8 Å². The van der Waals surface area contributed by atoms with E-state index >= 15 is 0 Å². The van der Waals surface area contributed by atoms with Gasteiger partial charge >= 0.3 is 5.97 Å². The number of thioether (sulfide) groups is 1. The van der Waals surface area contributed by atoms with Gasteiger partial charge in [-0.2, -0.15) is 0 Å². The van der Waals surface area contributed by atoms with Gasteiger partial charge in [0.15, 0.2) is 0 Å². The van der Waals surface area contributed by atoms with Gasteiger partial charge in [0.05, 0.1) is 12.5 Å². The van der Waals surface area contributed by atoms with Gasteiger partial charge in [0.25, 0.3) is 0 Å². The largest absolute Gasteiger partial charge is 0.466 e. The highest BCUT2D eigenvalue weighted by molar-refractivity contribution is 7.99. The molecule has 0 aromatic heterocycles. The van der Waals surface area contributed by atoms with Gasteiger partial charge in [-0.15, -0.1) is 11.8 Å². The molecule has 1 aromatic carbocycles. The van der Waals surface area contributed by atoms with Crippen LogP contribution in [0.3, 0.4) is 0 Å². The number of nitrogens with two attached hydrogens (primary N) is 1. The first-order valence-electron chi connectivity index (χ1n) is 5.39. The van der Waals surface area contributed by atoms with Crippen molar-refractivity contribution >= 4 is 23.4 Å². The third-order valence-corrected chi connectivity index (χ3v) is 3.48. The summed E-state index contributed by atoms with van der Waals surface area (Å²) >= 11 is 1.36. The van der Waals surface area contributed by atoms with Gasteiger partial charge in [0.1, 0.15) is 5.82 Å². The van der Waals surface area contributed by atoms with Crippen molar-refractivity contribution in [1.29, 1.82) is 0 Å². The fraction of sp³-hybridized carbons (Fsp3) is 0.417. The molecule has 0 saturated carbocycles. The highest BCUT2D eigenvalue weighted by Gasteiger charge is 2.15. The summed E-state index contributed by atoms with van der Waals surface area (Å²) in [6.07, 6.45) is 0. The molecule has 1 unspecified atom stereocenters. The Bertz CT molecular complexity index is 398. The number of ether oxygens (including phenoxy) is 1. The maximum atomic E-state index is 13.0. The number of benzene rings is 1. The number of carbonyl (C=O) groups excluding carboxylic acids is 1. The SMILES string of the molecule is CCOC(=O)C(C)CSc1cc(F)ccc1N. The van der Waals surface area contributed by atoms with Crippen molar-refractivity contribution in [2.24, 2.45) is 5.92 Å². The number of hydrogen-bond donors (Lipinski definition) is 1. The van der Waals surface area contributed by atoms with Crippen molar-refractivity contribution in [3.63, 3.8) is 0 Å². The van der Waals surface area contributed by atoms with Gasteiger partial charge in [-0.1, -0.05) is 6.92 Å². The molecular weight excluding hydrogens is 241 g/mol. The molecule has 0 aliphatic rings. The third-order valence-electron chi connectivity index (χ3n) is 2.15. The predicted molar refractivity (Wildman–Crippen MR) is 67.3 cm³/mol. The predicted octanol–water partition coefficient (Wildman–Crippen LogP) is 2.70. The lowest BCUT2D eigenvalue weighted by Crippen LogP contribution is -2.16. The zero-order chi connectivity index (χ0) is 12.8. The number of halogens is 1. The molecule has 0 heterocycles. The second-order valence-corrected chi connectivity index (χ2v) is 4.71. The van der Waals surface area contributed by atoms with Gasteiger partial charge in [-0.05, 0) is 25.1 Å². The number of nitrogen functional groups attached to an aromatic ring is 1. The van der Waals surface area contributed by atoms with Gasteiger partial charge in [0, 0.05) is 16.3 Å². The maximum Gasteiger partial charge on any atom is 0.309 e. The fourth-order valence-electron chi connectivity index (χ4n) is 1.20. The van der Waals surface area contributed by atoms with Crippen molar-refractivity contribution in [3.8, 4) is 0 Å². The van der Waals surface area contributed by atoms with Gasteiger partial charge in [0.2, 0.25) is 0 Å². The molecule has 0 amide bonds. The van der Waals surface area contributed by atoms with Crippen LogP contribution < -0.4 is 5.73 Å². The Morgan fingerprint density at radius 1 is 1.59 bits per heavy atom. The molecule has 1 atom stereocenters. The van der Waals surface area contributed by atoms with Crippen molar-refractivity contribution in [1.82, 2.24) is 0 Å². The summed E-state index contributed by atoms with van der Waals surface area (Å²) < 4.78 is 17.9. The molecule has 5 heteroatoms. The second kappa shape index (κ2) is 6.49. The minimum Gasteiger partial charge on any atom is -0.466 e. The number of esters is 1. The molecule has 1 aromatic rings. The van der Waals surface area contributed by atoms with E-state index in [-0.39, 0.29) is 17.7 Å². The lowest BCUT2D eigenvalue weighted by atomic mass is 10.2. The summed E-state index contributed by atoms with van der Waals surface area (Å²) in [5.74, 6) is -0.282. The quantitative estimate of drug-likeness (QED) is 0.500. The minimum absolute atomic E-state index is 0.234. The van der Waals surface area contributed by atoms with Gasteiger partial charge in [-0.3, -0.25) is 4.79 Å². The van der Waals surface area contributed by atoms with Crippen LogP contribution >= 0.6 is 11.8 Å². The van der Waals surface area contributed by atoms with E-state index in [0.29, 0.717) is 22.9 Å². The molecule has 0 fully saturated rings. The molecule has 0 aliphatic carbocycles. The maximum absolute atomic E-state index is 13.0. The van der Waals surface area contributed by atoms with Crippen LogP contribution in [-0.4, -0.2) is 18.3 Å². The molecule has 0 bridgehead atoms. The Hall–Kier alpha value is -1.23. The highest BCUT2D eigenvalue weighted by atomic mass is 32.2. The molecule has 0 radical (unpaired) electrons. The first-order valence-corrected chi connectivity index (χ1v) is 6.37. The number of carbonyl (C=O) groups is 1. The molecule has 0 aliphatic heterocycles. The van der Waals surface area contributed by atoms with Crippen molar-refractivity contribution in [3.05, 3.63) is 24.0 Å². The molecule has 0 spiro atoms. The molecule has 2 N–H and O–H groups in total. The standard InChI is InChI=1S/C12H16FNO2S/c1-3-16-12(15)8(2)7-17-11-6-9(13)4-5-10(11)14/h4-6,8H,3,7,14H2,1-2H3. The van der Waals surface area contributed by atoms with Crippen LogP contribution in [0.25, 0.3) is 0 Å². The van der Waals surface area contributed by atoms with E-state index in [4.69, 9.17) is 10.5 Å². The number of anilines is 1. The lowest BCUT2D eigenvalue weighted by Gasteiger charge is -2.11. The van der Waals surface area contributed by atoms with Crippen LogP contribution in [0, 0.1) is 11.7 Å². The molecular formula is C12H16FNO2S. The average molecular weight is 257 g/mol. The lowest BCUT2D eigenvalue weighted by molar-refractivity contribution is -0.146. The zero-order valence-electron chi connectivity index (χ0n) is 9.90. The molecule has 3 nitrogen and oxygen atoms in total. The third kappa shape index (κ3) is 4.26. The zero-order valence-corrected chi connectivity index (χ0v) is 10.7. The monoisotopic (exact) mass is 257 g/mol. The normalized spacial score (nSPS) is 12.2. The second-order valence-electron chi connectivity index (χ2n) is 3.65. The first kappa shape index (κ1) is 13.8. The summed E-state index contributed by atoms with van der Waals surface area (Å²) in [6.45, 7) is 3.92. The number of rotatable bonds is 5.